The van der Waals surface area contributed by atoms with Crippen molar-refractivity contribution in [3.63, 3.8) is 0 Å². The number of alkyl halides is 1. The molecule has 3 rings (SSSR count). The summed E-state index contributed by atoms with van der Waals surface area (Å²) >= 11 is 0. The molecule has 5 heteroatoms. The van der Waals surface area contributed by atoms with Gasteiger partial charge in [0.05, 0.1) is 5.56 Å². The largest absolute Gasteiger partial charge is 0.478 e. The molecule has 2 aromatic carbocycles. The Labute approximate surface area is 138 Å². The van der Waals surface area contributed by atoms with Gasteiger partial charge in [0.25, 0.3) is 0 Å². The van der Waals surface area contributed by atoms with Gasteiger partial charge in [0.1, 0.15) is 5.75 Å². The molecular weight excluding hydrogens is 309 g/mol. The molecule has 24 heavy (non-hydrogen) atoms. The van der Waals surface area contributed by atoms with Crippen molar-refractivity contribution in [3.8, 4) is 22.6 Å². The summed E-state index contributed by atoms with van der Waals surface area (Å²) in [4.78, 5) is 10.9. The number of benzene rings is 2. The van der Waals surface area contributed by atoms with Crippen molar-refractivity contribution in [3.05, 3.63) is 72.6 Å². The topological polar surface area (TPSA) is 51.5 Å². The first-order chi connectivity index (χ1) is 11.5. The van der Waals surface area contributed by atoms with E-state index in [2.05, 4.69) is 0 Å². The number of carbonyl (C=O) groups is 1. The minimum Gasteiger partial charge on any atom is -0.478 e. The van der Waals surface area contributed by atoms with Gasteiger partial charge in [0.2, 0.25) is 6.36 Å². The van der Waals surface area contributed by atoms with Crippen LogP contribution in [0.3, 0.4) is 0 Å². The van der Waals surface area contributed by atoms with Crippen LogP contribution in [0.1, 0.15) is 17.3 Å². The lowest BCUT2D eigenvalue weighted by molar-refractivity contribution is 0.0696. The van der Waals surface area contributed by atoms with Gasteiger partial charge in [-0.15, -0.1) is 0 Å². The van der Waals surface area contributed by atoms with Crippen molar-refractivity contribution in [2.24, 2.45) is 0 Å². The standard InChI is InChI=1S/C19H16FNO3/c1-13(20)24-18-4-2-3-17(11-18)21-10-9-16(12-21)14-5-7-15(8-6-14)19(22)23/h2-13H,1H3,(H,22,23). The third-order valence-electron chi connectivity index (χ3n) is 3.57. The summed E-state index contributed by atoms with van der Waals surface area (Å²) in [6, 6.07) is 15.8. The van der Waals surface area contributed by atoms with E-state index in [0.717, 1.165) is 16.8 Å². The van der Waals surface area contributed by atoms with Gasteiger partial charge in [0, 0.05) is 31.1 Å². The lowest BCUT2D eigenvalue weighted by atomic mass is 10.1. The predicted octanol–water partition coefficient (Wildman–Crippen LogP) is 4.54. The van der Waals surface area contributed by atoms with Crippen molar-refractivity contribution < 1.29 is 19.0 Å². The number of aromatic carboxylic acids is 1. The molecule has 1 heterocycles. The zero-order valence-corrected chi connectivity index (χ0v) is 13.0. The second-order valence-electron chi connectivity index (χ2n) is 5.35. The van der Waals surface area contributed by atoms with E-state index in [1.165, 1.54) is 6.92 Å². The number of carboxylic acids is 1. The zero-order valence-electron chi connectivity index (χ0n) is 13.0. The molecule has 0 aliphatic heterocycles. The van der Waals surface area contributed by atoms with Gasteiger partial charge >= 0.3 is 5.97 Å². The number of hydrogen-bond donors (Lipinski definition) is 1. The molecule has 122 valence electrons. The van der Waals surface area contributed by atoms with Crippen LogP contribution in [-0.4, -0.2) is 22.0 Å². The number of carboxylic acid groups (broad SMARTS) is 1. The Balaban J connectivity index is 1.86. The molecule has 1 N–H and O–H groups in total. The van der Waals surface area contributed by atoms with Crippen molar-refractivity contribution in [2.75, 3.05) is 0 Å². The number of nitrogens with zero attached hydrogens (tertiary/aromatic N) is 1. The van der Waals surface area contributed by atoms with E-state index in [0.29, 0.717) is 5.75 Å². The summed E-state index contributed by atoms with van der Waals surface area (Å²) < 4.78 is 19.9. The number of hydrogen-bond acceptors (Lipinski definition) is 2. The molecule has 4 nitrogen and oxygen atoms in total. The molecule has 1 atom stereocenters. The Bertz CT molecular complexity index is 853. The molecule has 3 aromatic rings. The van der Waals surface area contributed by atoms with Gasteiger partial charge in [0.15, 0.2) is 0 Å². The number of aromatic nitrogens is 1. The third kappa shape index (κ3) is 3.46. The van der Waals surface area contributed by atoms with E-state index in [9.17, 15) is 9.18 Å². The maximum atomic E-state index is 13.0. The van der Waals surface area contributed by atoms with Crippen LogP contribution < -0.4 is 4.74 Å². The average Bonchev–Trinajstić information content (AvgIpc) is 3.04. The molecular formula is C19H16FNO3. The van der Waals surface area contributed by atoms with E-state index in [1.807, 2.05) is 29.1 Å². The van der Waals surface area contributed by atoms with Crippen LogP contribution in [0.5, 0.6) is 5.75 Å². The van der Waals surface area contributed by atoms with Gasteiger partial charge in [-0.25, -0.2) is 9.18 Å². The number of ether oxygens (including phenoxy) is 1. The first kappa shape index (κ1) is 15.8. The smallest absolute Gasteiger partial charge is 0.335 e. The fraction of sp³-hybridized carbons (Fsp3) is 0.105. The first-order valence-corrected chi connectivity index (χ1v) is 7.46. The predicted molar refractivity (Wildman–Crippen MR) is 89.4 cm³/mol. The molecule has 0 aliphatic rings. The summed E-state index contributed by atoms with van der Waals surface area (Å²) in [7, 11) is 0. The zero-order chi connectivity index (χ0) is 17.1. The van der Waals surface area contributed by atoms with Crippen molar-refractivity contribution >= 4 is 5.97 Å². The highest BCUT2D eigenvalue weighted by Crippen LogP contribution is 2.24. The maximum absolute atomic E-state index is 13.0. The second kappa shape index (κ2) is 6.58. The lowest BCUT2D eigenvalue weighted by Gasteiger charge is -2.09. The highest BCUT2D eigenvalue weighted by Gasteiger charge is 2.06. The van der Waals surface area contributed by atoms with Crippen LogP contribution in [0.2, 0.25) is 0 Å². The van der Waals surface area contributed by atoms with Crippen molar-refractivity contribution in [1.82, 2.24) is 4.57 Å². The quantitative estimate of drug-likeness (QED) is 0.749. The second-order valence-corrected chi connectivity index (χ2v) is 5.35. The van der Waals surface area contributed by atoms with Gasteiger partial charge in [-0.2, -0.15) is 0 Å². The Morgan fingerprint density at radius 3 is 2.54 bits per heavy atom. The van der Waals surface area contributed by atoms with Crippen molar-refractivity contribution in [1.29, 1.82) is 0 Å². The van der Waals surface area contributed by atoms with Gasteiger partial charge < -0.3 is 14.4 Å². The minimum atomic E-state index is -1.37. The molecule has 0 saturated carbocycles. The van der Waals surface area contributed by atoms with E-state index in [4.69, 9.17) is 9.84 Å². The highest BCUT2D eigenvalue weighted by atomic mass is 19.1. The van der Waals surface area contributed by atoms with E-state index in [1.54, 1.807) is 42.5 Å². The lowest BCUT2D eigenvalue weighted by Crippen LogP contribution is -2.04. The van der Waals surface area contributed by atoms with Crippen molar-refractivity contribution in [2.45, 2.75) is 13.3 Å². The molecule has 0 fully saturated rings. The summed E-state index contributed by atoms with van der Waals surface area (Å²) in [6.45, 7) is 1.33. The van der Waals surface area contributed by atoms with Crippen LogP contribution >= 0.6 is 0 Å². The molecule has 0 radical (unpaired) electrons. The summed E-state index contributed by atoms with van der Waals surface area (Å²) in [5.74, 6) is -0.485. The molecule has 1 unspecified atom stereocenters. The fourth-order valence-electron chi connectivity index (χ4n) is 2.44. The van der Waals surface area contributed by atoms with E-state index < -0.39 is 12.3 Å². The SMILES string of the molecule is CC(F)Oc1cccc(-n2ccc(-c3ccc(C(=O)O)cc3)c2)c1. The van der Waals surface area contributed by atoms with Crippen LogP contribution in [0, 0.1) is 0 Å². The summed E-state index contributed by atoms with van der Waals surface area (Å²) in [5, 5.41) is 8.94. The van der Waals surface area contributed by atoms with E-state index in [-0.39, 0.29) is 5.56 Å². The highest BCUT2D eigenvalue weighted by molar-refractivity contribution is 5.88. The van der Waals surface area contributed by atoms with Gasteiger partial charge in [-0.3, -0.25) is 0 Å². The van der Waals surface area contributed by atoms with Crippen LogP contribution in [0.25, 0.3) is 16.8 Å². The monoisotopic (exact) mass is 325 g/mol. The molecule has 0 amide bonds. The van der Waals surface area contributed by atoms with Gasteiger partial charge in [-0.1, -0.05) is 18.2 Å². The van der Waals surface area contributed by atoms with Gasteiger partial charge in [-0.05, 0) is 41.5 Å². The summed E-state index contributed by atoms with van der Waals surface area (Å²) in [5.41, 5.74) is 2.98. The minimum absolute atomic E-state index is 0.253. The average molecular weight is 325 g/mol. The van der Waals surface area contributed by atoms with Crippen LogP contribution in [0.15, 0.2) is 67.0 Å². The normalized spacial score (nSPS) is 11.9. The maximum Gasteiger partial charge on any atom is 0.335 e. The van der Waals surface area contributed by atoms with Crippen LogP contribution in [0.4, 0.5) is 4.39 Å². The number of rotatable bonds is 5. The molecule has 0 saturated heterocycles. The van der Waals surface area contributed by atoms with E-state index >= 15 is 0 Å². The Hall–Kier alpha value is -3.08. The molecule has 0 bridgehead atoms. The molecule has 0 spiro atoms. The number of halogens is 1. The summed E-state index contributed by atoms with van der Waals surface area (Å²) in [6.07, 6.45) is 2.44. The third-order valence-corrected chi connectivity index (χ3v) is 3.57. The Kier molecular flexibility index (Phi) is 4.33. The Morgan fingerprint density at radius 1 is 1.12 bits per heavy atom. The fourth-order valence-corrected chi connectivity index (χ4v) is 2.44. The van der Waals surface area contributed by atoms with Crippen LogP contribution in [-0.2, 0) is 0 Å². The first-order valence-electron chi connectivity index (χ1n) is 7.46. The molecule has 1 aromatic heterocycles. The molecule has 0 aliphatic carbocycles. The Morgan fingerprint density at radius 2 is 1.88 bits per heavy atom.